The van der Waals surface area contributed by atoms with Gasteiger partial charge in [-0.1, -0.05) is 6.92 Å². The highest BCUT2D eigenvalue weighted by molar-refractivity contribution is 7.91. The van der Waals surface area contributed by atoms with Crippen molar-refractivity contribution in [1.29, 1.82) is 5.26 Å². The summed E-state index contributed by atoms with van der Waals surface area (Å²) in [5, 5.41) is 26.1. The summed E-state index contributed by atoms with van der Waals surface area (Å²) in [6, 6.07) is 3.50. The summed E-state index contributed by atoms with van der Waals surface area (Å²) < 4.78 is 24.8. The number of aromatic nitrogens is 4. The van der Waals surface area contributed by atoms with Gasteiger partial charge in [0.25, 0.3) is 0 Å². The van der Waals surface area contributed by atoms with Gasteiger partial charge in [-0.3, -0.25) is 0 Å². The lowest BCUT2D eigenvalue weighted by Gasteiger charge is -2.23. The fourth-order valence-corrected chi connectivity index (χ4v) is 3.76. The van der Waals surface area contributed by atoms with Gasteiger partial charge in [0.15, 0.2) is 21.3 Å². The fourth-order valence-electron chi connectivity index (χ4n) is 2.86. The number of piperidine rings is 1. The van der Waals surface area contributed by atoms with Gasteiger partial charge in [0, 0.05) is 12.6 Å². The van der Waals surface area contributed by atoms with Gasteiger partial charge in [-0.15, -0.1) is 10.2 Å². The van der Waals surface area contributed by atoms with Gasteiger partial charge >= 0.3 is 0 Å². The van der Waals surface area contributed by atoms with Crippen molar-refractivity contribution in [2.45, 2.75) is 24.8 Å². The quantitative estimate of drug-likeness (QED) is 0.615. The summed E-state index contributed by atoms with van der Waals surface area (Å²) in [5.74, 6) is 1.12. The lowest BCUT2D eigenvalue weighted by molar-refractivity contribution is 0.389. The minimum Gasteiger partial charge on any atom is -0.382 e. The van der Waals surface area contributed by atoms with Crippen LogP contribution >= 0.6 is 0 Å². The first-order chi connectivity index (χ1) is 13.5. The summed E-state index contributed by atoms with van der Waals surface area (Å²) in [5.41, 5.74) is 0.616. The Kier molecular flexibility index (Phi) is 6.33. The minimum atomic E-state index is -3.52. The molecule has 0 aliphatic carbocycles. The van der Waals surface area contributed by atoms with Crippen LogP contribution in [0.15, 0.2) is 23.5 Å². The molecule has 1 saturated heterocycles. The largest absolute Gasteiger partial charge is 0.382 e. The van der Waals surface area contributed by atoms with E-state index >= 15 is 0 Å². The Balaban J connectivity index is 1.82. The number of nitriles is 1. The molecular formula is C17H22N8O2S. The van der Waals surface area contributed by atoms with Crippen LogP contribution in [0.1, 0.15) is 25.5 Å². The Bertz CT molecular complexity index is 950. The van der Waals surface area contributed by atoms with Crippen molar-refractivity contribution in [2.75, 3.05) is 36.0 Å². The monoisotopic (exact) mass is 402 g/mol. The van der Waals surface area contributed by atoms with Crippen molar-refractivity contribution in [3.63, 3.8) is 0 Å². The van der Waals surface area contributed by atoms with E-state index in [0.29, 0.717) is 29.8 Å². The standard InChI is InChI=1S/C17H22N8O2S/c1-2-28(26,27)17-14(21-9-12-3-5-19-6-4-12)7-15(24-25-17)23-16-11-20-13(8-18)10-22-16/h7,10-12,19H,2-6,9H2,1H3,(H2,21,22,23,24). The topological polar surface area (TPSA) is 146 Å². The second-order valence-electron chi connectivity index (χ2n) is 6.45. The van der Waals surface area contributed by atoms with E-state index in [1.165, 1.54) is 12.4 Å². The number of hydrogen-bond acceptors (Lipinski definition) is 10. The molecule has 10 nitrogen and oxygen atoms in total. The smallest absolute Gasteiger partial charge is 0.200 e. The van der Waals surface area contributed by atoms with Gasteiger partial charge in [-0.2, -0.15) is 5.26 Å². The number of nitrogens with zero attached hydrogens (tertiary/aromatic N) is 5. The summed E-state index contributed by atoms with van der Waals surface area (Å²) in [6.07, 6.45) is 4.81. The Hall–Kier alpha value is -2.84. The number of hydrogen-bond donors (Lipinski definition) is 3. The summed E-state index contributed by atoms with van der Waals surface area (Å²) in [4.78, 5) is 8.00. The van der Waals surface area contributed by atoms with E-state index in [-0.39, 0.29) is 16.5 Å². The van der Waals surface area contributed by atoms with Crippen molar-refractivity contribution in [3.8, 4) is 6.07 Å². The van der Waals surface area contributed by atoms with Crippen molar-refractivity contribution in [3.05, 3.63) is 24.2 Å². The third-order valence-electron chi connectivity index (χ3n) is 4.50. The van der Waals surface area contributed by atoms with Crippen molar-refractivity contribution in [2.24, 2.45) is 5.92 Å². The van der Waals surface area contributed by atoms with E-state index in [9.17, 15) is 8.42 Å². The van der Waals surface area contributed by atoms with Crippen LogP contribution in [-0.4, -0.2) is 54.0 Å². The van der Waals surface area contributed by atoms with E-state index in [1.807, 2.05) is 6.07 Å². The number of rotatable bonds is 7. The SMILES string of the molecule is CCS(=O)(=O)c1nnc(Nc2cnc(C#N)cn2)cc1NCC1CCNCC1. The summed E-state index contributed by atoms with van der Waals surface area (Å²) >= 11 is 0. The molecule has 1 aliphatic rings. The molecule has 3 N–H and O–H groups in total. The molecule has 0 atom stereocenters. The zero-order chi connectivity index (χ0) is 20.0. The van der Waals surface area contributed by atoms with E-state index < -0.39 is 9.84 Å². The normalized spacial score (nSPS) is 15.0. The first-order valence-corrected chi connectivity index (χ1v) is 10.7. The predicted molar refractivity (Wildman–Crippen MR) is 104 cm³/mol. The highest BCUT2D eigenvalue weighted by atomic mass is 32.2. The lowest BCUT2D eigenvalue weighted by Crippen LogP contribution is -2.31. The predicted octanol–water partition coefficient (Wildman–Crippen LogP) is 1.09. The first kappa shape index (κ1) is 19.9. The Labute approximate surface area is 163 Å². The lowest BCUT2D eigenvalue weighted by atomic mass is 9.98. The third kappa shape index (κ3) is 4.90. The van der Waals surface area contributed by atoms with Crippen molar-refractivity contribution >= 4 is 27.2 Å². The molecule has 1 fully saturated rings. The Morgan fingerprint density at radius 1 is 1.21 bits per heavy atom. The second kappa shape index (κ2) is 8.90. The average Bonchev–Trinajstić information content (AvgIpc) is 2.73. The van der Waals surface area contributed by atoms with Crippen LogP contribution < -0.4 is 16.0 Å². The molecule has 0 aromatic carbocycles. The Morgan fingerprint density at radius 2 is 2.00 bits per heavy atom. The first-order valence-electron chi connectivity index (χ1n) is 9.06. The zero-order valence-electron chi connectivity index (χ0n) is 15.5. The molecule has 148 valence electrons. The number of nitrogens with one attached hydrogen (secondary N) is 3. The molecule has 2 aromatic rings. The van der Waals surface area contributed by atoms with Gasteiger partial charge in [0.05, 0.1) is 23.8 Å². The molecule has 0 spiro atoms. The average molecular weight is 402 g/mol. The summed E-state index contributed by atoms with van der Waals surface area (Å²) in [7, 11) is -3.52. The zero-order valence-corrected chi connectivity index (χ0v) is 16.3. The summed E-state index contributed by atoms with van der Waals surface area (Å²) in [6.45, 7) is 4.16. The molecule has 3 heterocycles. The van der Waals surface area contributed by atoms with Gasteiger partial charge in [-0.25, -0.2) is 18.4 Å². The molecule has 0 saturated carbocycles. The molecule has 28 heavy (non-hydrogen) atoms. The maximum absolute atomic E-state index is 12.4. The van der Waals surface area contributed by atoms with Crippen LogP contribution in [0.4, 0.5) is 17.3 Å². The number of anilines is 3. The van der Waals surface area contributed by atoms with Gasteiger partial charge in [0.1, 0.15) is 11.9 Å². The number of sulfone groups is 1. The maximum atomic E-state index is 12.4. The van der Waals surface area contributed by atoms with E-state index in [4.69, 9.17) is 5.26 Å². The highest BCUT2D eigenvalue weighted by Crippen LogP contribution is 2.24. The maximum Gasteiger partial charge on any atom is 0.200 e. The molecule has 11 heteroatoms. The van der Waals surface area contributed by atoms with Crippen LogP contribution in [0.2, 0.25) is 0 Å². The molecular weight excluding hydrogens is 380 g/mol. The molecule has 0 amide bonds. The van der Waals surface area contributed by atoms with E-state index in [2.05, 4.69) is 36.1 Å². The fraction of sp³-hybridized carbons (Fsp3) is 0.471. The molecule has 1 aliphatic heterocycles. The van der Waals surface area contributed by atoms with Crippen LogP contribution in [0.5, 0.6) is 0 Å². The van der Waals surface area contributed by atoms with Crippen LogP contribution in [0.3, 0.4) is 0 Å². The van der Waals surface area contributed by atoms with Crippen LogP contribution in [-0.2, 0) is 9.84 Å². The molecule has 0 radical (unpaired) electrons. The van der Waals surface area contributed by atoms with Gasteiger partial charge < -0.3 is 16.0 Å². The molecule has 3 rings (SSSR count). The Morgan fingerprint density at radius 3 is 2.64 bits per heavy atom. The van der Waals surface area contributed by atoms with E-state index in [1.54, 1.807) is 13.0 Å². The molecule has 0 unspecified atom stereocenters. The van der Waals surface area contributed by atoms with Crippen molar-refractivity contribution in [1.82, 2.24) is 25.5 Å². The minimum absolute atomic E-state index is 0.0552. The highest BCUT2D eigenvalue weighted by Gasteiger charge is 2.22. The second-order valence-corrected chi connectivity index (χ2v) is 8.64. The molecule has 2 aromatic heterocycles. The third-order valence-corrected chi connectivity index (χ3v) is 6.15. The van der Waals surface area contributed by atoms with Gasteiger partial charge in [0.2, 0.25) is 5.03 Å². The van der Waals surface area contributed by atoms with E-state index in [0.717, 1.165) is 25.9 Å². The van der Waals surface area contributed by atoms with Gasteiger partial charge in [-0.05, 0) is 31.8 Å². The van der Waals surface area contributed by atoms with Crippen molar-refractivity contribution < 1.29 is 8.42 Å². The van der Waals surface area contributed by atoms with Crippen LogP contribution in [0.25, 0.3) is 0 Å². The molecule has 0 bridgehead atoms. The van der Waals surface area contributed by atoms with Crippen LogP contribution in [0, 0.1) is 17.2 Å².